The van der Waals surface area contributed by atoms with Gasteiger partial charge in [-0.05, 0) is 62.3 Å². The Labute approximate surface area is 318 Å². The van der Waals surface area contributed by atoms with E-state index in [2.05, 4.69) is 199 Å². The zero-order valence-electron chi connectivity index (χ0n) is 29.9. The first-order chi connectivity index (χ1) is 27.3. The Morgan fingerprint density at radius 3 is 1.71 bits per heavy atom. The molecule has 2 aromatic heterocycles. The molecule has 2 heterocycles. The molecule has 0 N–H and O–H groups in total. The number of hydrogen-bond donors (Lipinski definition) is 0. The maximum absolute atomic E-state index is 5.49. The molecule has 9 aromatic carbocycles. The fourth-order valence-electron chi connectivity index (χ4n) is 8.63. The second-order valence-corrected chi connectivity index (χ2v) is 14.1. The molecule has 11 rings (SSSR count). The number of hydrogen-bond acceptors (Lipinski definition) is 2. The summed E-state index contributed by atoms with van der Waals surface area (Å²) in [5, 5.41) is 9.53. The Balaban J connectivity index is 1.30. The molecule has 3 nitrogen and oxygen atoms in total. The zero-order valence-corrected chi connectivity index (χ0v) is 29.9. The van der Waals surface area contributed by atoms with Crippen LogP contribution in [0.2, 0.25) is 0 Å². The van der Waals surface area contributed by atoms with E-state index in [4.69, 9.17) is 9.97 Å². The van der Waals surface area contributed by atoms with E-state index >= 15 is 0 Å². The average molecular weight is 700 g/mol. The van der Waals surface area contributed by atoms with Crippen LogP contribution in [0.15, 0.2) is 200 Å². The lowest BCUT2D eigenvalue weighted by Crippen LogP contribution is -2.00. The van der Waals surface area contributed by atoms with Gasteiger partial charge < -0.3 is 4.57 Å². The van der Waals surface area contributed by atoms with Gasteiger partial charge in [0.05, 0.1) is 22.4 Å². The monoisotopic (exact) mass is 699 g/mol. The summed E-state index contributed by atoms with van der Waals surface area (Å²) in [6.45, 7) is 0. The van der Waals surface area contributed by atoms with Gasteiger partial charge in [0.15, 0.2) is 5.82 Å². The summed E-state index contributed by atoms with van der Waals surface area (Å²) in [5.41, 5.74) is 10.7. The second-order valence-electron chi connectivity index (χ2n) is 14.1. The van der Waals surface area contributed by atoms with E-state index in [0.717, 1.165) is 50.2 Å². The molecular formula is C52H33N3. The Morgan fingerprint density at radius 2 is 0.945 bits per heavy atom. The van der Waals surface area contributed by atoms with Crippen LogP contribution in [0.1, 0.15) is 0 Å². The van der Waals surface area contributed by atoms with Crippen LogP contribution >= 0.6 is 0 Å². The summed E-state index contributed by atoms with van der Waals surface area (Å²) in [5.74, 6) is 0.692. The van der Waals surface area contributed by atoms with Gasteiger partial charge in [-0.2, -0.15) is 0 Å². The van der Waals surface area contributed by atoms with Gasteiger partial charge in [0, 0.05) is 38.5 Å². The van der Waals surface area contributed by atoms with Crippen LogP contribution in [0.5, 0.6) is 0 Å². The second kappa shape index (κ2) is 12.6. The van der Waals surface area contributed by atoms with E-state index in [-0.39, 0.29) is 0 Å². The molecule has 0 bridgehead atoms. The van der Waals surface area contributed by atoms with Crippen molar-refractivity contribution in [3.8, 4) is 50.7 Å². The third kappa shape index (κ3) is 4.98. The number of aromatic nitrogens is 3. The average Bonchev–Trinajstić information content (AvgIpc) is 3.61. The SMILES string of the molecule is c1ccc(-c2nc(-c3c4ccccc4c(-c4ccccc4)c4ccc5ccccc5c34)cc(-c3cccc4c5ccccc5n(-c5ccccc5)c34)n2)cc1. The van der Waals surface area contributed by atoms with Crippen molar-refractivity contribution in [3.05, 3.63) is 200 Å². The predicted molar refractivity (Wildman–Crippen MR) is 231 cm³/mol. The summed E-state index contributed by atoms with van der Waals surface area (Å²) < 4.78 is 2.39. The first kappa shape index (κ1) is 31.2. The molecule has 0 aliphatic carbocycles. The Hall–Kier alpha value is -7.36. The number of para-hydroxylation sites is 3. The molecule has 3 heteroatoms. The van der Waals surface area contributed by atoms with Crippen LogP contribution < -0.4 is 0 Å². The Bertz CT molecular complexity index is 3240. The fraction of sp³-hybridized carbons (Fsp3) is 0. The smallest absolute Gasteiger partial charge is 0.160 e. The summed E-state index contributed by atoms with van der Waals surface area (Å²) in [6, 6.07) is 71.4. The molecule has 0 aliphatic heterocycles. The summed E-state index contributed by atoms with van der Waals surface area (Å²) >= 11 is 0. The van der Waals surface area contributed by atoms with E-state index in [0.29, 0.717) is 5.82 Å². The van der Waals surface area contributed by atoms with Gasteiger partial charge >= 0.3 is 0 Å². The minimum absolute atomic E-state index is 0.692. The first-order valence-corrected chi connectivity index (χ1v) is 18.8. The molecule has 0 saturated heterocycles. The predicted octanol–water partition coefficient (Wildman–Crippen LogP) is 13.7. The third-order valence-corrected chi connectivity index (χ3v) is 11.0. The number of nitrogens with zero attached hydrogens (tertiary/aromatic N) is 3. The van der Waals surface area contributed by atoms with Crippen molar-refractivity contribution in [1.82, 2.24) is 14.5 Å². The first-order valence-electron chi connectivity index (χ1n) is 18.8. The van der Waals surface area contributed by atoms with Gasteiger partial charge in [-0.1, -0.05) is 176 Å². The molecule has 0 unspecified atom stereocenters. The lowest BCUT2D eigenvalue weighted by molar-refractivity contribution is 1.16. The largest absolute Gasteiger partial charge is 0.309 e. The van der Waals surface area contributed by atoms with Crippen molar-refractivity contribution in [3.63, 3.8) is 0 Å². The minimum Gasteiger partial charge on any atom is -0.309 e. The number of fused-ring (bicyclic) bond motifs is 7. The van der Waals surface area contributed by atoms with Gasteiger partial charge in [0.1, 0.15) is 0 Å². The van der Waals surface area contributed by atoms with Crippen LogP contribution in [-0.4, -0.2) is 14.5 Å². The van der Waals surface area contributed by atoms with Crippen LogP contribution in [0, 0.1) is 0 Å². The highest BCUT2D eigenvalue weighted by molar-refractivity contribution is 6.27. The number of rotatable bonds is 5. The fourth-order valence-corrected chi connectivity index (χ4v) is 8.63. The highest BCUT2D eigenvalue weighted by Gasteiger charge is 2.23. The van der Waals surface area contributed by atoms with Crippen molar-refractivity contribution < 1.29 is 0 Å². The van der Waals surface area contributed by atoms with Crippen molar-refractivity contribution >= 4 is 54.1 Å². The van der Waals surface area contributed by atoms with Crippen molar-refractivity contribution in [2.75, 3.05) is 0 Å². The summed E-state index contributed by atoms with van der Waals surface area (Å²) in [7, 11) is 0. The highest BCUT2D eigenvalue weighted by atomic mass is 15.0. The van der Waals surface area contributed by atoms with Crippen LogP contribution in [-0.2, 0) is 0 Å². The van der Waals surface area contributed by atoms with Gasteiger partial charge in [0.2, 0.25) is 0 Å². The van der Waals surface area contributed by atoms with Crippen LogP contribution in [0.25, 0.3) is 105 Å². The van der Waals surface area contributed by atoms with E-state index in [1.165, 1.54) is 48.8 Å². The van der Waals surface area contributed by atoms with Crippen molar-refractivity contribution in [2.45, 2.75) is 0 Å². The van der Waals surface area contributed by atoms with E-state index in [1.807, 2.05) is 6.07 Å². The van der Waals surface area contributed by atoms with Gasteiger partial charge in [0.25, 0.3) is 0 Å². The summed E-state index contributed by atoms with van der Waals surface area (Å²) in [4.78, 5) is 10.9. The van der Waals surface area contributed by atoms with E-state index in [1.54, 1.807) is 0 Å². The van der Waals surface area contributed by atoms with Crippen LogP contribution in [0.4, 0.5) is 0 Å². The van der Waals surface area contributed by atoms with Crippen molar-refractivity contribution in [2.24, 2.45) is 0 Å². The maximum Gasteiger partial charge on any atom is 0.160 e. The van der Waals surface area contributed by atoms with E-state index < -0.39 is 0 Å². The van der Waals surface area contributed by atoms with Gasteiger partial charge in [-0.25, -0.2) is 9.97 Å². The highest BCUT2D eigenvalue weighted by Crippen LogP contribution is 2.47. The lowest BCUT2D eigenvalue weighted by atomic mass is 9.85. The molecule has 256 valence electrons. The quantitative estimate of drug-likeness (QED) is 0.132. The minimum atomic E-state index is 0.692. The molecule has 0 amide bonds. The van der Waals surface area contributed by atoms with E-state index in [9.17, 15) is 0 Å². The molecular weight excluding hydrogens is 667 g/mol. The molecule has 11 aromatic rings. The zero-order chi connectivity index (χ0) is 36.3. The molecule has 55 heavy (non-hydrogen) atoms. The topological polar surface area (TPSA) is 30.7 Å². The van der Waals surface area contributed by atoms with Crippen molar-refractivity contribution in [1.29, 1.82) is 0 Å². The molecule has 0 saturated carbocycles. The summed E-state index contributed by atoms with van der Waals surface area (Å²) in [6.07, 6.45) is 0. The molecule has 0 aliphatic rings. The molecule has 0 radical (unpaired) electrons. The maximum atomic E-state index is 5.49. The van der Waals surface area contributed by atoms with Crippen LogP contribution in [0.3, 0.4) is 0 Å². The molecule has 0 fully saturated rings. The normalized spacial score (nSPS) is 11.6. The molecule has 0 atom stereocenters. The Kier molecular flexibility index (Phi) is 7.17. The standard InChI is InChI=1S/C52H33N3/c1-4-18-35(19-5-1)48-40-26-12-13-27-41(40)50(49-38-24-11-10-17-34(38)31-32-44(48)49)46-33-45(53-52(54-46)36-20-6-2-7-21-36)43-29-16-28-42-39-25-14-15-30-47(39)55(51(42)43)37-22-8-3-9-23-37/h1-33H. The Morgan fingerprint density at radius 1 is 0.364 bits per heavy atom. The third-order valence-electron chi connectivity index (χ3n) is 11.0. The lowest BCUT2D eigenvalue weighted by Gasteiger charge is -2.20. The number of benzene rings is 9. The van der Waals surface area contributed by atoms with Gasteiger partial charge in [-0.15, -0.1) is 0 Å². The molecule has 0 spiro atoms. The van der Waals surface area contributed by atoms with Gasteiger partial charge in [-0.3, -0.25) is 0 Å².